The van der Waals surface area contributed by atoms with Gasteiger partial charge in [0.05, 0.1) is 13.2 Å². The van der Waals surface area contributed by atoms with Crippen molar-refractivity contribution in [3.05, 3.63) is 0 Å². The molecule has 0 aliphatic carbocycles. The number of rotatable bonds is 2. The molecule has 15 heavy (non-hydrogen) atoms. The van der Waals surface area contributed by atoms with Gasteiger partial charge < -0.3 is 20.1 Å². The summed E-state index contributed by atoms with van der Waals surface area (Å²) in [6.45, 7) is 6.70. The number of ether oxygens (including phenoxy) is 2. The smallest absolute Gasteiger partial charge is 0.0593 e. The van der Waals surface area contributed by atoms with Gasteiger partial charge in [0.2, 0.25) is 0 Å². The summed E-state index contributed by atoms with van der Waals surface area (Å²) in [7, 11) is 0. The van der Waals surface area contributed by atoms with Crippen LogP contribution in [0, 0.1) is 5.92 Å². The van der Waals surface area contributed by atoms with Crippen molar-refractivity contribution in [3.8, 4) is 0 Å². The zero-order valence-electron chi connectivity index (χ0n) is 9.36. The predicted octanol–water partition coefficient (Wildman–Crippen LogP) is 0.0725. The summed E-state index contributed by atoms with van der Waals surface area (Å²) in [5.41, 5.74) is 6.10. The molecule has 2 heterocycles. The Morgan fingerprint density at radius 3 is 2.93 bits per heavy atom. The van der Waals surface area contributed by atoms with E-state index in [2.05, 4.69) is 4.90 Å². The lowest BCUT2D eigenvalue weighted by molar-refractivity contribution is 0.0256. The van der Waals surface area contributed by atoms with E-state index in [0.717, 1.165) is 58.9 Å². The summed E-state index contributed by atoms with van der Waals surface area (Å²) in [4.78, 5) is 2.46. The molecule has 0 bridgehead atoms. The third-order valence-corrected chi connectivity index (χ3v) is 3.34. The molecule has 0 aromatic heterocycles. The van der Waals surface area contributed by atoms with E-state index in [1.807, 2.05) is 0 Å². The van der Waals surface area contributed by atoms with Gasteiger partial charge in [-0.15, -0.1) is 0 Å². The lowest BCUT2D eigenvalue weighted by Gasteiger charge is -2.32. The molecule has 4 heteroatoms. The highest BCUT2D eigenvalue weighted by molar-refractivity contribution is 4.79. The Kier molecular flexibility index (Phi) is 4.38. The number of nitrogens with zero attached hydrogens (tertiary/aromatic N) is 1. The molecule has 0 aromatic rings. The van der Waals surface area contributed by atoms with Crippen molar-refractivity contribution >= 4 is 0 Å². The molecular formula is C11H22N2O2. The first-order valence-electron chi connectivity index (χ1n) is 5.99. The Balaban J connectivity index is 1.78. The molecule has 0 spiro atoms. The summed E-state index contributed by atoms with van der Waals surface area (Å²) in [5, 5.41) is 0. The van der Waals surface area contributed by atoms with Crippen LogP contribution >= 0.6 is 0 Å². The van der Waals surface area contributed by atoms with Crippen LogP contribution < -0.4 is 5.73 Å². The van der Waals surface area contributed by atoms with Crippen LogP contribution in [0.25, 0.3) is 0 Å². The van der Waals surface area contributed by atoms with E-state index < -0.39 is 0 Å². The second-order valence-electron chi connectivity index (χ2n) is 4.55. The normalized spacial score (nSPS) is 35.0. The summed E-state index contributed by atoms with van der Waals surface area (Å²) in [6, 6.07) is 0.322. The zero-order chi connectivity index (χ0) is 10.5. The van der Waals surface area contributed by atoms with E-state index in [-0.39, 0.29) is 0 Å². The lowest BCUT2D eigenvalue weighted by Crippen LogP contribution is -2.45. The molecule has 2 atom stereocenters. The Morgan fingerprint density at radius 1 is 1.13 bits per heavy atom. The number of hydrogen-bond donors (Lipinski definition) is 1. The van der Waals surface area contributed by atoms with Crippen LogP contribution in [0.5, 0.6) is 0 Å². The summed E-state index contributed by atoms with van der Waals surface area (Å²) >= 11 is 0. The molecule has 0 radical (unpaired) electrons. The first-order chi connectivity index (χ1) is 7.36. The fourth-order valence-corrected chi connectivity index (χ4v) is 2.31. The van der Waals surface area contributed by atoms with Crippen molar-refractivity contribution < 1.29 is 9.47 Å². The topological polar surface area (TPSA) is 47.7 Å². The first-order valence-corrected chi connectivity index (χ1v) is 5.99. The molecule has 2 saturated heterocycles. The van der Waals surface area contributed by atoms with Crippen molar-refractivity contribution in [3.63, 3.8) is 0 Å². The van der Waals surface area contributed by atoms with Gasteiger partial charge in [-0.2, -0.15) is 0 Å². The molecule has 2 aliphatic rings. The third-order valence-electron chi connectivity index (χ3n) is 3.34. The molecule has 0 saturated carbocycles. The Labute approximate surface area is 91.7 Å². The van der Waals surface area contributed by atoms with Gasteiger partial charge in [0.1, 0.15) is 0 Å². The van der Waals surface area contributed by atoms with Crippen LogP contribution in [0.4, 0.5) is 0 Å². The molecule has 2 fully saturated rings. The van der Waals surface area contributed by atoms with Crippen LogP contribution in [-0.4, -0.2) is 57.0 Å². The highest BCUT2D eigenvalue weighted by Gasteiger charge is 2.24. The van der Waals surface area contributed by atoms with Gasteiger partial charge in [-0.1, -0.05) is 0 Å². The van der Waals surface area contributed by atoms with E-state index in [9.17, 15) is 0 Å². The Hall–Kier alpha value is -0.160. The fraction of sp³-hybridized carbons (Fsp3) is 1.00. The molecule has 2 N–H and O–H groups in total. The van der Waals surface area contributed by atoms with Crippen molar-refractivity contribution in [2.75, 3.05) is 46.1 Å². The maximum Gasteiger partial charge on any atom is 0.0593 e. The number of nitrogens with two attached hydrogens (primary N) is 1. The van der Waals surface area contributed by atoms with Crippen LogP contribution in [0.1, 0.15) is 12.8 Å². The second kappa shape index (κ2) is 5.80. The minimum absolute atomic E-state index is 0.322. The third kappa shape index (κ3) is 3.41. The van der Waals surface area contributed by atoms with Gasteiger partial charge in [0.15, 0.2) is 0 Å². The standard InChI is InChI=1S/C11H22N2O2/c12-11-2-6-15-9-10(11)8-13-3-1-5-14-7-4-13/h10-11H,1-9,12H2. The van der Waals surface area contributed by atoms with Gasteiger partial charge in [0.25, 0.3) is 0 Å². The van der Waals surface area contributed by atoms with Crippen molar-refractivity contribution in [1.29, 1.82) is 0 Å². The Morgan fingerprint density at radius 2 is 2.07 bits per heavy atom. The van der Waals surface area contributed by atoms with Crippen LogP contribution in [0.3, 0.4) is 0 Å². The van der Waals surface area contributed by atoms with Gasteiger partial charge in [-0.3, -0.25) is 0 Å². The van der Waals surface area contributed by atoms with E-state index in [4.69, 9.17) is 15.2 Å². The Bertz CT molecular complexity index is 181. The van der Waals surface area contributed by atoms with Crippen molar-refractivity contribution in [1.82, 2.24) is 4.90 Å². The van der Waals surface area contributed by atoms with E-state index >= 15 is 0 Å². The minimum Gasteiger partial charge on any atom is -0.381 e. The molecule has 0 aromatic carbocycles. The number of hydrogen-bond acceptors (Lipinski definition) is 4. The van der Waals surface area contributed by atoms with Gasteiger partial charge >= 0.3 is 0 Å². The predicted molar refractivity (Wildman–Crippen MR) is 58.8 cm³/mol. The van der Waals surface area contributed by atoms with Crippen molar-refractivity contribution in [2.24, 2.45) is 11.7 Å². The quantitative estimate of drug-likeness (QED) is 0.707. The van der Waals surface area contributed by atoms with Gasteiger partial charge in [-0.25, -0.2) is 0 Å². The molecule has 4 nitrogen and oxygen atoms in total. The molecular weight excluding hydrogens is 192 g/mol. The van der Waals surface area contributed by atoms with E-state index in [0.29, 0.717) is 12.0 Å². The SMILES string of the molecule is NC1CCOCC1CN1CCCOCC1. The maximum atomic E-state index is 6.10. The van der Waals surface area contributed by atoms with E-state index in [1.54, 1.807) is 0 Å². The maximum absolute atomic E-state index is 6.10. The lowest BCUT2D eigenvalue weighted by atomic mass is 9.96. The molecule has 0 amide bonds. The monoisotopic (exact) mass is 214 g/mol. The highest BCUT2D eigenvalue weighted by atomic mass is 16.5. The summed E-state index contributed by atoms with van der Waals surface area (Å²) in [5.74, 6) is 0.511. The van der Waals surface area contributed by atoms with Crippen LogP contribution in [0.15, 0.2) is 0 Å². The molecule has 2 aliphatic heterocycles. The van der Waals surface area contributed by atoms with Gasteiger partial charge in [-0.05, 0) is 12.8 Å². The van der Waals surface area contributed by atoms with Gasteiger partial charge in [0, 0.05) is 44.8 Å². The highest BCUT2D eigenvalue weighted by Crippen LogP contribution is 2.15. The largest absolute Gasteiger partial charge is 0.381 e. The van der Waals surface area contributed by atoms with Crippen molar-refractivity contribution in [2.45, 2.75) is 18.9 Å². The molecule has 2 rings (SSSR count). The van der Waals surface area contributed by atoms with E-state index in [1.165, 1.54) is 0 Å². The average molecular weight is 214 g/mol. The summed E-state index contributed by atoms with van der Waals surface area (Å²) in [6.07, 6.45) is 2.15. The first kappa shape index (κ1) is 11.3. The van der Waals surface area contributed by atoms with Crippen LogP contribution in [-0.2, 0) is 9.47 Å². The average Bonchev–Trinajstić information content (AvgIpc) is 2.50. The molecule has 2 unspecified atom stereocenters. The fourth-order valence-electron chi connectivity index (χ4n) is 2.31. The second-order valence-corrected chi connectivity index (χ2v) is 4.55. The molecule has 88 valence electrons. The van der Waals surface area contributed by atoms with Crippen LogP contribution in [0.2, 0.25) is 0 Å². The minimum atomic E-state index is 0.322. The zero-order valence-corrected chi connectivity index (χ0v) is 9.36. The summed E-state index contributed by atoms with van der Waals surface area (Å²) < 4.78 is 10.9.